The lowest BCUT2D eigenvalue weighted by atomic mass is 10.1. The molecule has 0 N–H and O–H groups in total. The lowest BCUT2D eigenvalue weighted by molar-refractivity contribution is -0.167. The van der Waals surface area contributed by atoms with Crippen molar-refractivity contribution in [3.05, 3.63) is 0 Å². The Morgan fingerprint density at radius 3 is 0.914 bits per heavy atom. The molecular weight excluding hydrogens is 899 g/mol. The molecule has 15 heteroatoms. The van der Waals surface area contributed by atoms with Gasteiger partial charge < -0.3 is 38.1 Å². The molecule has 1 rings (SSSR count). The van der Waals surface area contributed by atoms with Gasteiger partial charge in [-0.25, -0.2) is 4.79 Å². The van der Waals surface area contributed by atoms with Crippen LogP contribution in [0, 0.1) is 11.8 Å². The summed E-state index contributed by atoms with van der Waals surface area (Å²) in [5, 5.41) is 0. The van der Waals surface area contributed by atoms with Crippen LogP contribution in [0.4, 0.5) is 4.79 Å². The maximum Gasteiger partial charge on any atom is 0.410 e. The van der Waals surface area contributed by atoms with Gasteiger partial charge in [0.05, 0.1) is 52.4 Å². The van der Waals surface area contributed by atoms with Crippen LogP contribution in [0.15, 0.2) is 0 Å². The van der Waals surface area contributed by atoms with Crippen molar-refractivity contribution in [2.75, 3.05) is 39.5 Å². The Morgan fingerprint density at radius 1 is 0.400 bits per heavy atom. The fraction of sp³-hybridized carbons (Fsp3) is 0.873. The largest absolute Gasteiger partial charge is 0.465 e. The first-order chi connectivity index (χ1) is 33.6. The fourth-order valence-electron chi connectivity index (χ4n) is 8.01. The van der Waals surface area contributed by atoms with Gasteiger partial charge in [0.15, 0.2) is 12.2 Å². The third kappa shape index (κ3) is 35.2. The van der Waals surface area contributed by atoms with E-state index in [0.29, 0.717) is 25.7 Å². The van der Waals surface area contributed by atoms with Crippen LogP contribution in [0.3, 0.4) is 0 Å². The number of carbonyl (C=O) groups is 7. The highest BCUT2D eigenvalue weighted by molar-refractivity contribution is 5.74. The first kappa shape index (κ1) is 64.1. The molecule has 0 aromatic rings. The predicted molar refractivity (Wildman–Crippen MR) is 270 cm³/mol. The quantitative estimate of drug-likeness (QED) is 0.0319. The van der Waals surface area contributed by atoms with Crippen molar-refractivity contribution >= 4 is 41.9 Å². The summed E-state index contributed by atoms with van der Waals surface area (Å²) in [6.07, 6.45) is 21.6. The Kier molecular flexibility index (Phi) is 37.2. The summed E-state index contributed by atoms with van der Waals surface area (Å²) in [6.45, 7) is 12.8. The van der Waals surface area contributed by atoms with Crippen molar-refractivity contribution in [2.45, 2.75) is 259 Å². The molecule has 0 radical (unpaired) electrons. The Labute approximate surface area is 422 Å². The zero-order valence-electron chi connectivity index (χ0n) is 44.9. The Bertz CT molecular complexity index is 1290. The van der Waals surface area contributed by atoms with Gasteiger partial charge in [-0.15, -0.1) is 0 Å². The van der Waals surface area contributed by atoms with E-state index >= 15 is 0 Å². The van der Waals surface area contributed by atoms with Crippen molar-refractivity contribution < 1.29 is 66.7 Å². The number of ether oxygens (including phenoxy) is 7. The lowest BCUT2D eigenvalue weighted by Gasteiger charge is -2.24. The third-order valence-corrected chi connectivity index (χ3v) is 12.2. The van der Waals surface area contributed by atoms with E-state index in [1.807, 2.05) is 0 Å². The summed E-state index contributed by atoms with van der Waals surface area (Å²) in [4.78, 5) is 92.9. The van der Waals surface area contributed by atoms with Gasteiger partial charge in [0, 0.05) is 37.5 Å². The van der Waals surface area contributed by atoms with Gasteiger partial charge in [-0.2, -0.15) is 0 Å². The molecule has 406 valence electrons. The first-order valence-corrected chi connectivity index (χ1v) is 27.6. The number of hydrogen-bond acceptors (Lipinski definition) is 14. The van der Waals surface area contributed by atoms with Crippen LogP contribution in [0.5, 0.6) is 0 Å². The molecule has 1 heterocycles. The molecule has 0 bridgehead atoms. The molecule has 1 saturated heterocycles. The van der Waals surface area contributed by atoms with Gasteiger partial charge in [0.1, 0.15) is 5.60 Å². The van der Waals surface area contributed by atoms with Gasteiger partial charge in [0.2, 0.25) is 0 Å². The second-order valence-corrected chi connectivity index (χ2v) is 20.4. The average molecular weight is 996 g/mol. The number of likely N-dealkylation sites (tertiary alicyclic amines) is 1. The smallest absolute Gasteiger partial charge is 0.410 e. The lowest BCUT2D eigenvalue weighted by Crippen LogP contribution is -2.36. The van der Waals surface area contributed by atoms with E-state index in [4.69, 9.17) is 33.2 Å². The maximum atomic E-state index is 13.7. The van der Waals surface area contributed by atoms with Gasteiger partial charge in [0.25, 0.3) is 0 Å². The van der Waals surface area contributed by atoms with Gasteiger partial charge in [-0.05, 0) is 46.5 Å². The van der Waals surface area contributed by atoms with Gasteiger partial charge in [-0.3, -0.25) is 28.8 Å². The van der Waals surface area contributed by atoms with E-state index in [1.54, 1.807) is 20.8 Å². The van der Waals surface area contributed by atoms with Crippen molar-refractivity contribution in [1.82, 2.24) is 4.90 Å². The van der Waals surface area contributed by atoms with E-state index in [9.17, 15) is 33.6 Å². The molecule has 2 atom stereocenters. The zero-order chi connectivity index (χ0) is 51.8. The van der Waals surface area contributed by atoms with Crippen LogP contribution in [0.25, 0.3) is 0 Å². The number of rotatable bonds is 42. The summed E-state index contributed by atoms with van der Waals surface area (Å²) in [6, 6.07) is 0. The molecule has 0 aromatic carbocycles. The molecule has 0 spiro atoms. The van der Waals surface area contributed by atoms with Crippen molar-refractivity contribution in [2.24, 2.45) is 11.8 Å². The van der Waals surface area contributed by atoms with Crippen LogP contribution in [-0.2, 0) is 61.9 Å². The summed E-state index contributed by atoms with van der Waals surface area (Å²) in [5.74, 6) is -4.49. The van der Waals surface area contributed by atoms with E-state index < -0.39 is 71.6 Å². The number of carbonyl (C=O) groups excluding carboxylic acids is 7. The highest BCUT2D eigenvalue weighted by Gasteiger charge is 2.42. The molecule has 1 aliphatic rings. The molecule has 15 nitrogen and oxygen atoms in total. The Hall–Kier alpha value is -3.91. The number of nitrogens with zero attached hydrogens (tertiary/aromatic N) is 1. The Morgan fingerprint density at radius 2 is 0.657 bits per heavy atom. The van der Waals surface area contributed by atoms with Crippen LogP contribution < -0.4 is 0 Å². The SMILES string of the molecule is CCCCCCCCC(=O)OCC(COC(=O)CCCCCCCC)CC(=O)O[C@H]1CN(C(=O)OC(C)(C)C)C[C@@H]1OC(=O)CC(COC(=O)CCCCCCCC)COC(=O)CCCCCCCC. The summed E-state index contributed by atoms with van der Waals surface area (Å²) >= 11 is 0. The number of esters is 6. The molecule has 70 heavy (non-hydrogen) atoms. The molecule has 0 aliphatic carbocycles. The molecule has 1 fully saturated rings. The van der Waals surface area contributed by atoms with E-state index in [0.717, 1.165) is 128 Å². The minimum absolute atomic E-state index is 0.140. The molecule has 1 amide bonds. The zero-order valence-corrected chi connectivity index (χ0v) is 44.9. The topological polar surface area (TPSA) is 187 Å². The molecule has 0 saturated carbocycles. The van der Waals surface area contributed by atoms with Gasteiger partial charge >= 0.3 is 41.9 Å². The normalized spacial score (nSPS) is 14.7. The average Bonchev–Trinajstić information content (AvgIpc) is 3.70. The van der Waals surface area contributed by atoms with Crippen molar-refractivity contribution in [3.63, 3.8) is 0 Å². The minimum atomic E-state index is -1.10. The van der Waals surface area contributed by atoms with Crippen LogP contribution in [0.1, 0.15) is 241 Å². The number of unbranched alkanes of at least 4 members (excludes halogenated alkanes) is 20. The second-order valence-electron chi connectivity index (χ2n) is 20.4. The first-order valence-electron chi connectivity index (χ1n) is 27.6. The maximum absolute atomic E-state index is 13.7. The summed E-state index contributed by atoms with van der Waals surface area (Å²) < 4.78 is 39.8. The van der Waals surface area contributed by atoms with E-state index in [2.05, 4.69) is 27.7 Å². The number of amides is 1. The predicted octanol–water partition coefficient (Wildman–Crippen LogP) is 12.2. The van der Waals surface area contributed by atoms with Crippen molar-refractivity contribution in [3.8, 4) is 0 Å². The summed E-state index contributed by atoms with van der Waals surface area (Å²) in [5.41, 5.74) is -0.837. The van der Waals surface area contributed by atoms with Crippen LogP contribution >= 0.6 is 0 Å². The van der Waals surface area contributed by atoms with E-state index in [1.165, 1.54) is 4.90 Å². The van der Waals surface area contributed by atoms with Gasteiger partial charge in [-0.1, -0.05) is 156 Å². The van der Waals surface area contributed by atoms with Crippen LogP contribution in [0.2, 0.25) is 0 Å². The fourth-order valence-corrected chi connectivity index (χ4v) is 8.01. The Balaban J connectivity index is 3.12. The molecule has 0 unspecified atom stereocenters. The van der Waals surface area contributed by atoms with Crippen molar-refractivity contribution in [1.29, 1.82) is 0 Å². The third-order valence-electron chi connectivity index (χ3n) is 12.2. The van der Waals surface area contributed by atoms with Crippen LogP contribution in [-0.4, -0.2) is 104 Å². The molecule has 0 aromatic heterocycles. The highest BCUT2D eigenvalue weighted by Crippen LogP contribution is 2.24. The highest BCUT2D eigenvalue weighted by atomic mass is 16.6. The molecule has 1 aliphatic heterocycles. The van der Waals surface area contributed by atoms with E-state index in [-0.39, 0.29) is 78.0 Å². The standard InChI is InChI=1S/C55H97NO14/c1-8-12-16-20-24-28-32-48(57)64-40-44(41-65-49(58)33-29-25-21-17-13-9-2)36-52(61)68-46-38-56(54(63)70-55(5,6)7)39-47(46)69-53(62)37-45(42-66-50(59)34-30-26-22-18-14-10-3)43-67-51(60)35-31-27-23-19-15-11-4/h44-47H,8-43H2,1-7H3/t46-,47-/m0/s1. The monoisotopic (exact) mass is 996 g/mol. The second kappa shape index (κ2) is 40.7. The number of hydrogen-bond donors (Lipinski definition) is 0. The summed E-state index contributed by atoms with van der Waals surface area (Å²) in [7, 11) is 0. The minimum Gasteiger partial charge on any atom is -0.465 e. The molecular formula is C55H97NO14.